The number of methoxy groups -OCH3 is 1. The van der Waals surface area contributed by atoms with Crippen LogP contribution in [0.3, 0.4) is 0 Å². The van der Waals surface area contributed by atoms with Gasteiger partial charge in [-0.15, -0.1) is 0 Å². The molecule has 1 aliphatic heterocycles. The standard InChI is InChI=1S/C21H24N2O.C5H5NO2.Co/c1-4-23-19-11-10-17(24-3)14-18(19)21(2,20(23)12-13-22)15-16-8-6-5-7-9-16;6-5(7)4-2-1-3-8-4;/h5-14,22H,4,15H2,1-3H3;1-3H,(H2,6,7);/b20-12-,22-13?;;. The van der Waals surface area contributed by atoms with Crippen molar-refractivity contribution >= 4 is 17.8 Å². The van der Waals surface area contributed by atoms with E-state index in [1.54, 1.807) is 13.2 Å². The van der Waals surface area contributed by atoms with Gasteiger partial charge in [0, 0.05) is 46.3 Å². The maximum Gasteiger partial charge on any atom is 0.247 e. The molecule has 0 aliphatic carbocycles. The van der Waals surface area contributed by atoms with Gasteiger partial charge in [-0.05, 0) is 67.8 Å². The summed E-state index contributed by atoms with van der Waals surface area (Å²) in [6, 6.07) is 20.0. The number of likely N-dealkylation sites (N-methyl/N-ethyl adjacent to an activating group) is 1. The first kappa shape index (κ1) is 26.0. The van der Waals surface area contributed by atoms with Gasteiger partial charge in [-0.1, -0.05) is 30.3 Å². The number of aliphatic hydroxyl groups is 1. The number of aliphatic hydroxyl groups excluding tert-OH is 1. The monoisotopic (exact) mass is 490 g/mol. The predicted octanol–water partition coefficient (Wildman–Crippen LogP) is 5.73. The molecule has 1 aliphatic rings. The Kier molecular flexibility index (Phi) is 9.08. The molecule has 1 aromatic heterocycles. The molecule has 3 N–H and O–H groups in total. The van der Waals surface area contributed by atoms with Crippen molar-refractivity contribution in [2.45, 2.75) is 25.7 Å². The number of anilines is 1. The molecule has 175 valence electrons. The van der Waals surface area contributed by atoms with Crippen molar-refractivity contribution in [2.24, 2.45) is 0 Å². The van der Waals surface area contributed by atoms with Crippen LogP contribution in [0.1, 0.15) is 30.7 Å². The SMILES string of the molecule is CCN1/C(=C\C=N)C(C)(Cc2ccccc2)c2cc(OC)ccc21.N=C(O)c1ccco1.[Co]. The topological polar surface area (TPSA) is 93.5 Å². The molecule has 4 rings (SSSR count). The van der Waals surface area contributed by atoms with E-state index in [0.29, 0.717) is 0 Å². The summed E-state index contributed by atoms with van der Waals surface area (Å²) >= 11 is 0. The average Bonchev–Trinajstić information content (AvgIpc) is 3.42. The molecule has 2 aromatic carbocycles. The second kappa shape index (κ2) is 11.5. The summed E-state index contributed by atoms with van der Waals surface area (Å²) in [6.07, 6.45) is 5.62. The van der Waals surface area contributed by atoms with E-state index in [-0.39, 0.29) is 28.0 Å². The smallest absolute Gasteiger partial charge is 0.247 e. The third-order valence-corrected chi connectivity index (χ3v) is 5.66. The van der Waals surface area contributed by atoms with Gasteiger partial charge >= 0.3 is 0 Å². The minimum atomic E-state index is -0.532. The van der Waals surface area contributed by atoms with Gasteiger partial charge in [0.25, 0.3) is 0 Å². The number of hydrogen-bond acceptors (Lipinski definition) is 5. The van der Waals surface area contributed by atoms with Gasteiger partial charge in [0.1, 0.15) is 5.75 Å². The van der Waals surface area contributed by atoms with Crippen molar-refractivity contribution in [3.8, 4) is 5.75 Å². The molecule has 6 nitrogen and oxygen atoms in total. The van der Waals surface area contributed by atoms with Crippen LogP contribution < -0.4 is 9.64 Å². The summed E-state index contributed by atoms with van der Waals surface area (Å²) in [4.78, 5) is 2.31. The van der Waals surface area contributed by atoms with Gasteiger partial charge in [-0.2, -0.15) is 0 Å². The zero-order valence-corrected chi connectivity index (χ0v) is 20.0. The molecule has 7 heteroatoms. The Labute approximate surface area is 205 Å². The Balaban J connectivity index is 0.000000364. The number of fused-ring (bicyclic) bond motifs is 1. The van der Waals surface area contributed by atoms with Crippen LogP contribution in [0.5, 0.6) is 5.75 Å². The van der Waals surface area contributed by atoms with Gasteiger partial charge < -0.3 is 24.6 Å². The number of benzene rings is 2. The van der Waals surface area contributed by atoms with E-state index in [2.05, 4.69) is 59.6 Å². The molecule has 0 bridgehead atoms. The molecule has 2 heterocycles. The first-order valence-electron chi connectivity index (χ1n) is 10.5. The molecule has 33 heavy (non-hydrogen) atoms. The predicted molar refractivity (Wildman–Crippen MR) is 129 cm³/mol. The largest absolute Gasteiger partial charge is 0.497 e. The van der Waals surface area contributed by atoms with Crippen molar-refractivity contribution in [1.29, 1.82) is 10.8 Å². The zero-order valence-electron chi connectivity index (χ0n) is 19.0. The van der Waals surface area contributed by atoms with Crippen molar-refractivity contribution in [3.63, 3.8) is 0 Å². The molecular formula is C26H29CoN3O3. The number of nitrogens with zero attached hydrogens (tertiary/aromatic N) is 1. The maximum absolute atomic E-state index is 8.40. The van der Waals surface area contributed by atoms with Gasteiger partial charge in [0.05, 0.1) is 13.4 Å². The molecule has 1 atom stereocenters. The summed E-state index contributed by atoms with van der Waals surface area (Å²) < 4.78 is 10.1. The summed E-state index contributed by atoms with van der Waals surface area (Å²) in [7, 11) is 1.71. The zero-order chi connectivity index (χ0) is 23.1. The summed E-state index contributed by atoms with van der Waals surface area (Å²) in [5.41, 5.74) is 4.76. The van der Waals surface area contributed by atoms with Crippen LogP contribution in [0, 0.1) is 10.8 Å². The molecule has 3 aromatic rings. The third-order valence-electron chi connectivity index (χ3n) is 5.66. The number of allylic oxidation sites excluding steroid dienone is 2. The minimum Gasteiger partial charge on any atom is -0.497 e. The van der Waals surface area contributed by atoms with Crippen molar-refractivity contribution in [2.75, 3.05) is 18.6 Å². The van der Waals surface area contributed by atoms with Gasteiger partial charge in [-0.3, -0.25) is 5.41 Å². The van der Waals surface area contributed by atoms with E-state index in [1.807, 2.05) is 18.2 Å². The van der Waals surface area contributed by atoms with Crippen LogP contribution in [0.4, 0.5) is 5.69 Å². The van der Waals surface area contributed by atoms with Gasteiger partial charge in [0.15, 0.2) is 5.76 Å². The Morgan fingerprint density at radius 1 is 1.15 bits per heavy atom. The van der Waals surface area contributed by atoms with E-state index in [9.17, 15) is 0 Å². The third kappa shape index (κ3) is 5.56. The van der Waals surface area contributed by atoms with Crippen molar-refractivity contribution in [1.82, 2.24) is 0 Å². The molecule has 0 saturated carbocycles. The summed E-state index contributed by atoms with van der Waals surface area (Å²) in [6.45, 7) is 5.30. The average molecular weight is 490 g/mol. The second-order valence-corrected chi connectivity index (χ2v) is 7.67. The molecule has 0 amide bonds. The van der Waals surface area contributed by atoms with Crippen molar-refractivity contribution < 1.29 is 31.0 Å². The first-order chi connectivity index (χ1) is 15.4. The van der Waals surface area contributed by atoms with Gasteiger partial charge in [-0.25, -0.2) is 0 Å². The van der Waals surface area contributed by atoms with Crippen LogP contribution in [-0.4, -0.2) is 30.9 Å². The van der Waals surface area contributed by atoms with E-state index < -0.39 is 5.90 Å². The summed E-state index contributed by atoms with van der Waals surface area (Å²) in [5, 5.41) is 22.6. The number of rotatable bonds is 6. The Hall–Kier alpha value is -3.29. The molecule has 0 saturated heterocycles. The fraction of sp³-hybridized carbons (Fsp3) is 0.231. The molecular weight excluding hydrogens is 461 g/mol. The van der Waals surface area contributed by atoms with E-state index in [0.717, 1.165) is 18.7 Å². The summed E-state index contributed by atoms with van der Waals surface area (Å²) in [5.74, 6) is 0.542. The van der Waals surface area contributed by atoms with E-state index >= 15 is 0 Å². The number of hydrogen-bond donors (Lipinski definition) is 3. The van der Waals surface area contributed by atoms with Gasteiger partial charge in [0.2, 0.25) is 5.90 Å². The molecule has 0 fully saturated rings. The normalized spacial score (nSPS) is 17.4. The van der Waals surface area contributed by atoms with E-state index in [4.69, 9.17) is 20.7 Å². The second-order valence-electron chi connectivity index (χ2n) is 7.67. The molecule has 0 spiro atoms. The first-order valence-corrected chi connectivity index (χ1v) is 10.5. The molecule has 1 unspecified atom stereocenters. The fourth-order valence-corrected chi connectivity index (χ4v) is 4.18. The van der Waals surface area contributed by atoms with Crippen LogP contribution in [0.2, 0.25) is 0 Å². The Morgan fingerprint density at radius 2 is 1.88 bits per heavy atom. The van der Waals surface area contributed by atoms with Crippen LogP contribution in [-0.2, 0) is 28.6 Å². The quantitative estimate of drug-likeness (QED) is 0.304. The fourth-order valence-electron chi connectivity index (χ4n) is 4.18. The van der Waals surface area contributed by atoms with Crippen LogP contribution in [0.25, 0.3) is 0 Å². The minimum absolute atomic E-state index is 0. The number of furan rings is 1. The number of ether oxygens (including phenoxy) is 1. The van der Waals surface area contributed by atoms with Crippen molar-refractivity contribution in [3.05, 3.63) is 95.6 Å². The van der Waals surface area contributed by atoms with Crippen LogP contribution in [0.15, 0.2) is 83.1 Å². The molecule has 1 radical (unpaired) electrons. The maximum atomic E-state index is 8.40. The Morgan fingerprint density at radius 3 is 2.39 bits per heavy atom. The Bertz CT molecular complexity index is 1100. The van der Waals surface area contributed by atoms with E-state index in [1.165, 1.54) is 41.1 Å². The van der Waals surface area contributed by atoms with Crippen LogP contribution >= 0.6 is 0 Å². The number of nitrogens with one attached hydrogen (secondary N) is 2.